The van der Waals surface area contributed by atoms with Crippen LogP contribution >= 0.6 is 0 Å². The minimum absolute atomic E-state index is 0.0691. The fourth-order valence-electron chi connectivity index (χ4n) is 8.34. The van der Waals surface area contributed by atoms with Crippen LogP contribution in [0, 0.1) is 24.2 Å². The van der Waals surface area contributed by atoms with Gasteiger partial charge in [0.25, 0.3) is 0 Å². The maximum absolute atomic E-state index is 14.4. The topological polar surface area (TPSA) is 97.5 Å². The van der Waals surface area contributed by atoms with Crippen LogP contribution in [0.5, 0.6) is 5.75 Å². The van der Waals surface area contributed by atoms with E-state index in [1.54, 1.807) is 7.11 Å². The summed E-state index contributed by atoms with van der Waals surface area (Å²) in [5.74, 6) is 1.10. The molecule has 0 unspecified atom stereocenters. The lowest BCUT2D eigenvalue weighted by atomic mass is 9.51. The maximum Gasteiger partial charge on any atom is 0.303 e. The lowest BCUT2D eigenvalue weighted by Gasteiger charge is -2.55. The average Bonchev–Trinajstić information content (AvgIpc) is 3.56. The Morgan fingerprint density at radius 2 is 1.73 bits per heavy atom. The summed E-state index contributed by atoms with van der Waals surface area (Å²) < 4.78 is 7.49. The number of pyridine rings is 1. The van der Waals surface area contributed by atoms with Crippen LogP contribution in [-0.4, -0.2) is 45.4 Å². The maximum atomic E-state index is 14.4. The molecule has 3 aromatic rings. The third kappa shape index (κ3) is 6.38. The molecular formula is C37H48N4O4. The van der Waals surface area contributed by atoms with Gasteiger partial charge in [-0.2, -0.15) is 5.10 Å². The molecule has 0 aliphatic heterocycles. The highest BCUT2D eigenvalue weighted by molar-refractivity contribution is 5.95. The summed E-state index contributed by atoms with van der Waals surface area (Å²) in [5.41, 5.74) is 4.91. The quantitative estimate of drug-likeness (QED) is 0.251. The van der Waals surface area contributed by atoms with Crippen molar-refractivity contribution in [2.45, 2.75) is 103 Å². The summed E-state index contributed by atoms with van der Waals surface area (Å²) in [7, 11) is 1.73. The van der Waals surface area contributed by atoms with E-state index in [1.807, 2.05) is 28.0 Å². The molecule has 4 aliphatic carbocycles. The number of methoxy groups -OCH3 is 1. The zero-order valence-corrected chi connectivity index (χ0v) is 27.3. The molecule has 0 spiro atoms. The standard InChI is InChI=1S/C37H48N4O4/c1-25(2)41-23-30(22-39-41)29-11-18-38-33(21-29)40(35(44)28-7-5-27(6-8-28)20-34(42)43)24-36-12-15-37(16-13-36,17-14-36)31-9-10-32(45-4)26(3)19-31/h9-11,18-19,21-23,25,27-28H,5-8,12-17,20,24H2,1-4H3,(H,42,43). The molecule has 1 N–H and O–H groups in total. The van der Waals surface area contributed by atoms with Crippen molar-refractivity contribution >= 4 is 17.7 Å². The molecule has 2 heterocycles. The second-order valence-corrected chi connectivity index (χ2v) is 14.4. The van der Waals surface area contributed by atoms with Gasteiger partial charge in [-0.1, -0.05) is 12.1 Å². The van der Waals surface area contributed by atoms with Crippen LogP contribution in [0.4, 0.5) is 5.82 Å². The fraction of sp³-hybridized carbons (Fsp3) is 0.568. The number of hydrogen-bond acceptors (Lipinski definition) is 5. The first-order valence-corrected chi connectivity index (χ1v) is 16.8. The van der Waals surface area contributed by atoms with E-state index < -0.39 is 5.97 Å². The van der Waals surface area contributed by atoms with Gasteiger partial charge in [0.2, 0.25) is 5.91 Å². The third-order valence-electron chi connectivity index (χ3n) is 11.3. The number of amides is 1. The van der Waals surface area contributed by atoms with Crippen LogP contribution in [0.3, 0.4) is 0 Å². The predicted octanol–water partition coefficient (Wildman–Crippen LogP) is 7.75. The second-order valence-electron chi connectivity index (χ2n) is 14.4. The van der Waals surface area contributed by atoms with Crippen molar-refractivity contribution in [1.29, 1.82) is 0 Å². The summed E-state index contributed by atoms with van der Waals surface area (Å²) in [5, 5.41) is 13.8. The minimum atomic E-state index is -0.747. The molecule has 0 atom stereocenters. The number of hydrogen-bond donors (Lipinski definition) is 1. The van der Waals surface area contributed by atoms with Crippen LogP contribution in [0.15, 0.2) is 48.9 Å². The van der Waals surface area contributed by atoms with Gasteiger partial charge in [0.05, 0.1) is 13.3 Å². The van der Waals surface area contributed by atoms with Crippen LogP contribution < -0.4 is 9.64 Å². The van der Waals surface area contributed by atoms with E-state index in [1.165, 1.54) is 11.1 Å². The molecule has 240 valence electrons. The number of aryl methyl sites for hydroxylation is 1. The minimum Gasteiger partial charge on any atom is -0.496 e. The number of rotatable bonds is 10. The summed E-state index contributed by atoms with van der Waals surface area (Å²) in [6.07, 6.45) is 15.7. The van der Waals surface area contributed by atoms with Crippen molar-refractivity contribution < 1.29 is 19.4 Å². The Morgan fingerprint density at radius 3 is 2.33 bits per heavy atom. The van der Waals surface area contributed by atoms with Crippen molar-refractivity contribution in [3.8, 4) is 16.9 Å². The number of fused-ring (bicyclic) bond motifs is 3. The molecule has 45 heavy (non-hydrogen) atoms. The number of ether oxygens (including phenoxy) is 1. The van der Waals surface area contributed by atoms with E-state index in [0.717, 1.165) is 81.1 Å². The number of aliphatic carboxylic acids is 1. The Labute approximate surface area is 267 Å². The molecule has 4 saturated carbocycles. The van der Waals surface area contributed by atoms with Crippen LogP contribution in [0.25, 0.3) is 11.1 Å². The number of aromatic nitrogens is 3. The smallest absolute Gasteiger partial charge is 0.303 e. The molecule has 2 bridgehead atoms. The molecule has 2 aromatic heterocycles. The van der Waals surface area contributed by atoms with E-state index in [0.29, 0.717) is 12.4 Å². The number of carboxylic acids is 1. The highest BCUT2D eigenvalue weighted by Crippen LogP contribution is 2.58. The van der Waals surface area contributed by atoms with Gasteiger partial charge in [-0.3, -0.25) is 19.2 Å². The van der Waals surface area contributed by atoms with Gasteiger partial charge in [0.1, 0.15) is 11.6 Å². The summed E-state index contributed by atoms with van der Waals surface area (Å²) >= 11 is 0. The lowest BCUT2D eigenvalue weighted by Crippen LogP contribution is -2.52. The van der Waals surface area contributed by atoms with E-state index in [9.17, 15) is 14.7 Å². The number of benzene rings is 1. The molecule has 8 nitrogen and oxygen atoms in total. The Balaban J connectivity index is 1.25. The molecule has 4 fully saturated rings. The molecule has 0 saturated heterocycles. The van der Waals surface area contributed by atoms with Gasteiger partial charge >= 0.3 is 5.97 Å². The molecule has 4 aliphatic rings. The fourth-order valence-corrected chi connectivity index (χ4v) is 8.34. The molecule has 8 heteroatoms. The van der Waals surface area contributed by atoms with Gasteiger partial charge in [-0.25, -0.2) is 4.98 Å². The van der Waals surface area contributed by atoms with E-state index >= 15 is 0 Å². The molecular weight excluding hydrogens is 564 g/mol. The highest BCUT2D eigenvalue weighted by atomic mass is 16.5. The molecule has 7 rings (SSSR count). The van der Waals surface area contributed by atoms with E-state index in [-0.39, 0.29) is 41.0 Å². The van der Waals surface area contributed by atoms with Crippen molar-refractivity contribution in [3.05, 3.63) is 60.0 Å². The normalized spacial score (nSPS) is 26.2. The SMILES string of the molecule is COc1ccc(C23CCC(CN(C(=O)C4CCC(CC(=O)O)CC4)c4cc(-c5cnn(C(C)C)c5)ccn4)(CC2)CC3)cc1C. The van der Waals surface area contributed by atoms with Crippen LogP contribution in [-0.2, 0) is 15.0 Å². The molecule has 1 amide bonds. The van der Waals surface area contributed by atoms with Crippen LogP contribution in [0.1, 0.15) is 102 Å². The zero-order chi connectivity index (χ0) is 31.8. The number of carboxylic acid groups (broad SMARTS) is 1. The van der Waals surface area contributed by atoms with Crippen molar-refractivity contribution in [1.82, 2.24) is 14.8 Å². The molecule has 0 radical (unpaired) electrons. The largest absolute Gasteiger partial charge is 0.496 e. The van der Waals surface area contributed by atoms with Crippen molar-refractivity contribution in [2.24, 2.45) is 17.3 Å². The van der Waals surface area contributed by atoms with Crippen molar-refractivity contribution in [3.63, 3.8) is 0 Å². The first-order valence-electron chi connectivity index (χ1n) is 16.8. The van der Waals surface area contributed by atoms with Crippen LogP contribution in [0.2, 0.25) is 0 Å². The first-order chi connectivity index (χ1) is 21.6. The summed E-state index contributed by atoms with van der Waals surface area (Å²) in [6.45, 7) is 7.03. The van der Waals surface area contributed by atoms with E-state index in [4.69, 9.17) is 9.72 Å². The highest BCUT2D eigenvalue weighted by Gasteiger charge is 2.51. The number of carbonyl (C=O) groups is 2. The van der Waals surface area contributed by atoms with Gasteiger partial charge in [0, 0.05) is 42.9 Å². The zero-order valence-electron chi connectivity index (χ0n) is 27.3. The monoisotopic (exact) mass is 612 g/mol. The number of nitrogens with zero attached hydrogens (tertiary/aromatic N) is 4. The summed E-state index contributed by atoms with van der Waals surface area (Å²) in [6, 6.07) is 11.0. The first kappa shape index (κ1) is 31.3. The molecule has 1 aromatic carbocycles. The second kappa shape index (κ2) is 12.6. The van der Waals surface area contributed by atoms with Gasteiger partial charge in [-0.05, 0) is 137 Å². The lowest BCUT2D eigenvalue weighted by molar-refractivity contribution is -0.138. The Kier molecular flexibility index (Phi) is 8.77. The predicted molar refractivity (Wildman–Crippen MR) is 175 cm³/mol. The average molecular weight is 613 g/mol. The number of anilines is 1. The van der Waals surface area contributed by atoms with Crippen molar-refractivity contribution in [2.75, 3.05) is 18.6 Å². The van der Waals surface area contributed by atoms with Gasteiger partial charge in [-0.15, -0.1) is 0 Å². The van der Waals surface area contributed by atoms with Gasteiger partial charge in [0.15, 0.2) is 0 Å². The Morgan fingerprint density at radius 1 is 1.02 bits per heavy atom. The van der Waals surface area contributed by atoms with Gasteiger partial charge < -0.3 is 9.84 Å². The third-order valence-corrected chi connectivity index (χ3v) is 11.3. The number of carbonyl (C=O) groups excluding carboxylic acids is 1. The van der Waals surface area contributed by atoms with E-state index in [2.05, 4.69) is 56.3 Å². The Hall–Kier alpha value is -3.68. The summed E-state index contributed by atoms with van der Waals surface area (Å²) in [4.78, 5) is 32.6. The Bertz CT molecular complexity index is 1510.